The van der Waals surface area contributed by atoms with Gasteiger partial charge in [0.1, 0.15) is 0 Å². The predicted molar refractivity (Wildman–Crippen MR) is 82.2 cm³/mol. The third-order valence-electron chi connectivity index (χ3n) is 3.43. The first-order chi connectivity index (χ1) is 9.43. The Hall–Kier alpha value is -0.860. The van der Waals surface area contributed by atoms with Gasteiger partial charge < -0.3 is 10.4 Å². The lowest BCUT2D eigenvalue weighted by atomic mass is 10.1. The summed E-state index contributed by atoms with van der Waals surface area (Å²) in [5, 5.41) is 12.2. The van der Waals surface area contributed by atoms with Gasteiger partial charge in [-0.2, -0.15) is 0 Å². The summed E-state index contributed by atoms with van der Waals surface area (Å²) in [4.78, 5) is 0. The van der Waals surface area contributed by atoms with Gasteiger partial charge in [-0.1, -0.05) is 68.9 Å². The lowest BCUT2D eigenvalue weighted by Gasteiger charge is -2.05. The fourth-order valence-electron chi connectivity index (χ4n) is 2.25. The number of aliphatic hydroxyl groups is 1. The molecule has 0 radical (unpaired) electrons. The van der Waals surface area contributed by atoms with Crippen LogP contribution in [0.4, 0.5) is 0 Å². The largest absolute Gasteiger partial charge is 0.396 e. The first kappa shape index (κ1) is 16.2. The number of aliphatic hydroxyl groups excluding tert-OH is 1. The SMILES string of the molecule is OCCCCCCCCCCNCc1ccccc1. The maximum atomic E-state index is 8.66. The molecule has 108 valence electrons. The van der Waals surface area contributed by atoms with Crippen LogP contribution >= 0.6 is 0 Å². The molecule has 0 bridgehead atoms. The summed E-state index contributed by atoms with van der Waals surface area (Å²) < 4.78 is 0. The molecule has 2 nitrogen and oxygen atoms in total. The second kappa shape index (κ2) is 12.2. The van der Waals surface area contributed by atoms with Crippen LogP contribution in [0.15, 0.2) is 30.3 Å². The molecular weight excluding hydrogens is 234 g/mol. The van der Waals surface area contributed by atoms with Crippen LogP contribution in [-0.2, 0) is 6.54 Å². The van der Waals surface area contributed by atoms with E-state index in [0.29, 0.717) is 6.61 Å². The Labute approximate surface area is 118 Å². The van der Waals surface area contributed by atoms with Gasteiger partial charge in [0.15, 0.2) is 0 Å². The zero-order valence-corrected chi connectivity index (χ0v) is 12.1. The van der Waals surface area contributed by atoms with Crippen molar-refractivity contribution in [1.82, 2.24) is 5.32 Å². The van der Waals surface area contributed by atoms with Crippen LogP contribution in [-0.4, -0.2) is 18.3 Å². The molecule has 0 saturated heterocycles. The second-order valence-corrected chi connectivity index (χ2v) is 5.21. The van der Waals surface area contributed by atoms with E-state index in [1.807, 2.05) is 0 Å². The Morgan fingerprint density at radius 3 is 1.95 bits per heavy atom. The van der Waals surface area contributed by atoms with E-state index >= 15 is 0 Å². The highest BCUT2D eigenvalue weighted by molar-refractivity contribution is 5.14. The predicted octanol–water partition coefficient (Wildman–Crippen LogP) is 3.89. The molecule has 0 atom stereocenters. The molecule has 0 spiro atoms. The fraction of sp³-hybridized carbons (Fsp3) is 0.647. The Kier molecular flexibility index (Phi) is 10.4. The minimum absolute atomic E-state index is 0.354. The number of nitrogens with one attached hydrogen (secondary N) is 1. The van der Waals surface area contributed by atoms with Crippen molar-refractivity contribution in [1.29, 1.82) is 0 Å². The molecule has 0 aliphatic rings. The number of rotatable bonds is 12. The van der Waals surface area contributed by atoms with Crippen LogP contribution in [0.3, 0.4) is 0 Å². The first-order valence-corrected chi connectivity index (χ1v) is 7.79. The molecule has 2 N–H and O–H groups in total. The molecule has 1 aromatic rings. The summed E-state index contributed by atoms with van der Waals surface area (Å²) in [6.07, 6.45) is 10.1. The zero-order valence-electron chi connectivity index (χ0n) is 12.1. The summed E-state index contributed by atoms with van der Waals surface area (Å²) in [6, 6.07) is 10.6. The number of hydrogen-bond donors (Lipinski definition) is 2. The van der Waals surface area contributed by atoms with Crippen molar-refractivity contribution >= 4 is 0 Å². The first-order valence-electron chi connectivity index (χ1n) is 7.79. The van der Waals surface area contributed by atoms with E-state index < -0.39 is 0 Å². The Morgan fingerprint density at radius 2 is 1.32 bits per heavy atom. The van der Waals surface area contributed by atoms with Crippen molar-refractivity contribution in [2.24, 2.45) is 0 Å². The van der Waals surface area contributed by atoms with Crippen molar-refractivity contribution in [3.05, 3.63) is 35.9 Å². The third kappa shape index (κ3) is 9.69. The highest BCUT2D eigenvalue weighted by Crippen LogP contribution is 2.08. The van der Waals surface area contributed by atoms with Crippen molar-refractivity contribution in [2.75, 3.05) is 13.2 Å². The zero-order chi connectivity index (χ0) is 13.6. The second-order valence-electron chi connectivity index (χ2n) is 5.21. The van der Waals surface area contributed by atoms with E-state index in [4.69, 9.17) is 5.11 Å². The van der Waals surface area contributed by atoms with Crippen LogP contribution < -0.4 is 5.32 Å². The van der Waals surface area contributed by atoms with Gasteiger partial charge in [0.05, 0.1) is 0 Å². The molecule has 0 fully saturated rings. The Bertz CT molecular complexity index is 287. The quantitative estimate of drug-likeness (QED) is 0.561. The van der Waals surface area contributed by atoms with E-state index in [9.17, 15) is 0 Å². The molecule has 1 aromatic carbocycles. The molecule has 0 heterocycles. The average Bonchev–Trinajstić information content (AvgIpc) is 2.46. The molecule has 2 heteroatoms. The molecular formula is C17H29NO. The minimum atomic E-state index is 0.354. The van der Waals surface area contributed by atoms with E-state index in [-0.39, 0.29) is 0 Å². The van der Waals surface area contributed by atoms with E-state index in [1.165, 1.54) is 50.5 Å². The van der Waals surface area contributed by atoms with Gasteiger partial charge in [-0.15, -0.1) is 0 Å². The van der Waals surface area contributed by atoms with E-state index in [2.05, 4.69) is 35.6 Å². The highest BCUT2D eigenvalue weighted by atomic mass is 16.2. The standard InChI is InChI=1S/C17H29NO/c19-15-11-6-4-2-1-3-5-10-14-18-16-17-12-8-7-9-13-17/h7-9,12-13,18-19H,1-6,10-11,14-16H2. The lowest BCUT2D eigenvalue weighted by Crippen LogP contribution is -2.14. The van der Waals surface area contributed by atoms with Gasteiger partial charge in [0.25, 0.3) is 0 Å². The minimum Gasteiger partial charge on any atom is -0.396 e. The summed E-state index contributed by atoms with van der Waals surface area (Å²) in [7, 11) is 0. The van der Waals surface area contributed by atoms with Gasteiger partial charge in [-0.3, -0.25) is 0 Å². The lowest BCUT2D eigenvalue weighted by molar-refractivity contribution is 0.282. The summed E-state index contributed by atoms with van der Waals surface area (Å²) in [5.74, 6) is 0. The maximum Gasteiger partial charge on any atom is 0.0431 e. The van der Waals surface area contributed by atoms with Crippen LogP contribution in [0.1, 0.15) is 56.9 Å². The van der Waals surface area contributed by atoms with Crippen molar-refractivity contribution < 1.29 is 5.11 Å². The smallest absolute Gasteiger partial charge is 0.0431 e. The number of hydrogen-bond acceptors (Lipinski definition) is 2. The van der Waals surface area contributed by atoms with Gasteiger partial charge in [0, 0.05) is 13.2 Å². The topological polar surface area (TPSA) is 32.3 Å². The summed E-state index contributed by atoms with van der Waals surface area (Å²) in [6.45, 7) is 2.47. The maximum absolute atomic E-state index is 8.66. The number of unbranched alkanes of at least 4 members (excludes halogenated alkanes) is 7. The fourth-order valence-corrected chi connectivity index (χ4v) is 2.25. The average molecular weight is 263 g/mol. The number of benzene rings is 1. The molecule has 0 aromatic heterocycles. The van der Waals surface area contributed by atoms with Crippen LogP contribution in [0, 0.1) is 0 Å². The van der Waals surface area contributed by atoms with E-state index in [0.717, 1.165) is 19.5 Å². The monoisotopic (exact) mass is 263 g/mol. The van der Waals surface area contributed by atoms with Crippen molar-refractivity contribution in [3.63, 3.8) is 0 Å². The Morgan fingerprint density at radius 1 is 0.737 bits per heavy atom. The normalized spacial score (nSPS) is 10.8. The van der Waals surface area contributed by atoms with Crippen LogP contribution in [0.5, 0.6) is 0 Å². The summed E-state index contributed by atoms with van der Waals surface area (Å²) in [5.41, 5.74) is 1.37. The molecule has 0 aliphatic carbocycles. The van der Waals surface area contributed by atoms with Crippen molar-refractivity contribution in [3.8, 4) is 0 Å². The molecule has 0 saturated carbocycles. The van der Waals surface area contributed by atoms with Gasteiger partial charge in [0.2, 0.25) is 0 Å². The van der Waals surface area contributed by atoms with Gasteiger partial charge in [-0.25, -0.2) is 0 Å². The molecule has 19 heavy (non-hydrogen) atoms. The van der Waals surface area contributed by atoms with Crippen molar-refractivity contribution in [2.45, 2.75) is 57.9 Å². The molecule has 0 aliphatic heterocycles. The third-order valence-corrected chi connectivity index (χ3v) is 3.43. The molecule has 0 amide bonds. The van der Waals surface area contributed by atoms with Crippen LogP contribution in [0.2, 0.25) is 0 Å². The molecule has 1 rings (SSSR count). The van der Waals surface area contributed by atoms with Gasteiger partial charge in [-0.05, 0) is 24.9 Å². The van der Waals surface area contributed by atoms with Crippen LogP contribution in [0.25, 0.3) is 0 Å². The Balaban J connectivity index is 1.79. The highest BCUT2D eigenvalue weighted by Gasteiger charge is 1.93. The summed E-state index contributed by atoms with van der Waals surface area (Å²) >= 11 is 0. The van der Waals surface area contributed by atoms with Gasteiger partial charge >= 0.3 is 0 Å². The van der Waals surface area contributed by atoms with E-state index in [1.54, 1.807) is 0 Å². The molecule has 0 unspecified atom stereocenters.